The standard InChI is InChI=1S/C13H8ClN3O4S/c14-10-2-4-11(5-3-10)22(20,21)16-12-6-1-9(8-15)7-13(12)17(18)19/h1-7,16H. The summed E-state index contributed by atoms with van der Waals surface area (Å²) in [7, 11) is -4.00. The molecule has 0 unspecified atom stereocenters. The van der Waals surface area contributed by atoms with Crippen LogP contribution in [-0.4, -0.2) is 13.3 Å². The van der Waals surface area contributed by atoms with E-state index in [0.29, 0.717) is 5.02 Å². The Kier molecular flexibility index (Phi) is 4.30. The van der Waals surface area contributed by atoms with Gasteiger partial charge in [0, 0.05) is 11.1 Å². The molecule has 0 saturated carbocycles. The molecular formula is C13H8ClN3O4S. The Morgan fingerprint density at radius 3 is 2.36 bits per heavy atom. The lowest BCUT2D eigenvalue weighted by atomic mass is 10.2. The molecule has 112 valence electrons. The number of nitro groups is 1. The van der Waals surface area contributed by atoms with E-state index in [1.54, 1.807) is 6.07 Å². The summed E-state index contributed by atoms with van der Waals surface area (Å²) in [5, 5.41) is 20.1. The predicted octanol–water partition coefficient (Wildman–Crippen LogP) is 2.92. The molecule has 1 N–H and O–H groups in total. The molecule has 0 spiro atoms. The molecule has 0 amide bonds. The summed E-state index contributed by atoms with van der Waals surface area (Å²) in [5.41, 5.74) is -0.670. The molecule has 0 saturated heterocycles. The zero-order chi connectivity index (χ0) is 16.3. The number of nitrogens with zero attached hydrogens (tertiary/aromatic N) is 2. The second-order valence-corrected chi connectivity index (χ2v) is 6.28. The van der Waals surface area contributed by atoms with Gasteiger partial charge in [-0.1, -0.05) is 11.6 Å². The van der Waals surface area contributed by atoms with Gasteiger partial charge in [0.05, 0.1) is 21.5 Å². The Bertz CT molecular complexity index is 873. The smallest absolute Gasteiger partial charge is 0.273 e. The Hall–Kier alpha value is -2.63. The first-order valence-corrected chi connectivity index (χ1v) is 7.66. The Morgan fingerprint density at radius 1 is 1.18 bits per heavy atom. The topological polar surface area (TPSA) is 113 Å². The Labute approximate surface area is 131 Å². The van der Waals surface area contributed by atoms with E-state index in [4.69, 9.17) is 16.9 Å². The minimum atomic E-state index is -4.00. The third kappa shape index (κ3) is 3.33. The number of hydrogen-bond acceptors (Lipinski definition) is 5. The third-order valence-corrected chi connectivity index (χ3v) is 4.33. The number of nitrogens with one attached hydrogen (secondary N) is 1. The van der Waals surface area contributed by atoms with Crippen LogP contribution in [0.1, 0.15) is 5.56 Å². The molecule has 0 fully saturated rings. The second-order valence-electron chi connectivity index (χ2n) is 4.16. The first-order valence-electron chi connectivity index (χ1n) is 5.80. The first kappa shape index (κ1) is 15.8. The summed E-state index contributed by atoms with van der Waals surface area (Å²) < 4.78 is 26.5. The van der Waals surface area contributed by atoms with Crippen molar-refractivity contribution in [3.8, 4) is 6.07 Å². The quantitative estimate of drug-likeness (QED) is 0.680. The molecule has 2 aromatic rings. The van der Waals surface area contributed by atoms with Crippen molar-refractivity contribution < 1.29 is 13.3 Å². The number of hydrogen-bond donors (Lipinski definition) is 1. The highest BCUT2D eigenvalue weighted by atomic mass is 35.5. The van der Waals surface area contributed by atoms with E-state index in [2.05, 4.69) is 4.72 Å². The fourth-order valence-electron chi connectivity index (χ4n) is 1.66. The number of rotatable bonds is 4. The van der Waals surface area contributed by atoms with Crippen molar-refractivity contribution in [3.63, 3.8) is 0 Å². The van der Waals surface area contributed by atoms with Crippen LogP contribution in [0.15, 0.2) is 47.4 Å². The number of anilines is 1. The maximum atomic E-state index is 12.2. The average molecular weight is 338 g/mol. The van der Waals surface area contributed by atoms with Crippen molar-refractivity contribution in [2.45, 2.75) is 4.90 Å². The monoisotopic (exact) mass is 337 g/mol. The van der Waals surface area contributed by atoms with Crippen molar-refractivity contribution >= 4 is 33.0 Å². The zero-order valence-corrected chi connectivity index (χ0v) is 12.4. The van der Waals surface area contributed by atoms with Crippen LogP contribution in [0.5, 0.6) is 0 Å². The molecule has 0 atom stereocenters. The van der Waals surface area contributed by atoms with Gasteiger partial charge in [0.2, 0.25) is 0 Å². The molecule has 7 nitrogen and oxygen atoms in total. The van der Waals surface area contributed by atoms with Crippen LogP contribution < -0.4 is 4.72 Å². The molecule has 22 heavy (non-hydrogen) atoms. The Morgan fingerprint density at radius 2 is 1.82 bits per heavy atom. The largest absolute Gasteiger partial charge is 0.294 e. The van der Waals surface area contributed by atoms with Gasteiger partial charge in [-0.3, -0.25) is 14.8 Å². The van der Waals surface area contributed by atoms with Gasteiger partial charge in [0.15, 0.2) is 0 Å². The van der Waals surface area contributed by atoms with Gasteiger partial charge in [-0.15, -0.1) is 0 Å². The van der Waals surface area contributed by atoms with Crippen LogP contribution >= 0.6 is 11.6 Å². The van der Waals surface area contributed by atoms with Crippen LogP contribution in [0.25, 0.3) is 0 Å². The first-order chi connectivity index (χ1) is 10.3. The van der Waals surface area contributed by atoms with E-state index >= 15 is 0 Å². The third-order valence-electron chi connectivity index (χ3n) is 2.69. The summed E-state index contributed by atoms with van der Waals surface area (Å²) in [6.45, 7) is 0. The highest BCUT2D eigenvalue weighted by Gasteiger charge is 2.21. The van der Waals surface area contributed by atoms with Crippen LogP contribution in [0, 0.1) is 21.4 Å². The van der Waals surface area contributed by atoms with E-state index in [1.807, 2.05) is 0 Å². The summed E-state index contributed by atoms with van der Waals surface area (Å²) in [5.74, 6) is 0. The highest BCUT2D eigenvalue weighted by Crippen LogP contribution is 2.28. The van der Waals surface area contributed by atoms with Gasteiger partial charge < -0.3 is 0 Å². The van der Waals surface area contributed by atoms with Crippen molar-refractivity contribution in [1.29, 1.82) is 5.26 Å². The molecule has 2 rings (SSSR count). The van der Waals surface area contributed by atoms with E-state index in [-0.39, 0.29) is 16.1 Å². The zero-order valence-electron chi connectivity index (χ0n) is 10.9. The maximum absolute atomic E-state index is 12.2. The number of halogens is 1. The lowest BCUT2D eigenvalue weighted by Crippen LogP contribution is -2.14. The molecule has 0 radical (unpaired) electrons. The van der Waals surface area contributed by atoms with Crippen molar-refractivity contribution in [2.24, 2.45) is 0 Å². The van der Waals surface area contributed by atoms with E-state index in [0.717, 1.165) is 6.07 Å². The lowest BCUT2D eigenvalue weighted by molar-refractivity contribution is -0.383. The molecule has 0 aliphatic heterocycles. The second kappa shape index (κ2) is 6.01. The maximum Gasteiger partial charge on any atom is 0.294 e. The van der Waals surface area contributed by atoms with Gasteiger partial charge in [-0.2, -0.15) is 5.26 Å². The van der Waals surface area contributed by atoms with Crippen LogP contribution in [0.3, 0.4) is 0 Å². The number of benzene rings is 2. The SMILES string of the molecule is N#Cc1ccc(NS(=O)(=O)c2ccc(Cl)cc2)c([N+](=O)[O-])c1. The lowest BCUT2D eigenvalue weighted by Gasteiger charge is -2.08. The van der Waals surface area contributed by atoms with Crippen LogP contribution in [0.4, 0.5) is 11.4 Å². The Balaban J connectivity index is 2.44. The van der Waals surface area contributed by atoms with E-state index in [1.165, 1.54) is 36.4 Å². The minimum Gasteiger partial charge on any atom is -0.273 e. The highest BCUT2D eigenvalue weighted by molar-refractivity contribution is 7.92. The van der Waals surface area contributed by atoms with Gasteiger partial charge in [-0.05, 0) is 36.4 Å². The van der Waals surface area contributed by atoms with Crippen LogP contribution in [-0.2, 0) is 10.0 Å². The van der Waals surface area contributed by atoms with E-state index in [9.17, 15) is 18.5 Å². The molecule has 0 heterocycles. The molecule has 0 aliphatic rings. The van der Waals surface area contributed by atoms with Gasteiger partial charge in [0.25, 0.3) is 15.7 Å². The van der Waals surface area contributed by atoms with Gasteiger partial charge >= 0.3 is 0 Å². The fourth-order valence-corrected chi connectivity index (χ4v) is 2.86. The summed E-state index contributed by atoms with van der Waals surface area (Å²) in [4.78, 5) is 10.2. The molecule has 2 aromatic carbocycles. The van der Waals surface area contributed by atoms with E-state index < -0.39 is 20.6 Å². The van der Waals surface area contributed by atoms with Gasteiger partial charge in [0.1, 0.15) is 5.69 Å². The minimum absolute atomic E-state index is 0.0566. The van der Waals surface area contributed by atoms with Crippen molar-refractivity contribution in [1.82, 2.24) is 0 Å². The molecule has 0 aliphatic carbocycles. The van der Waals surface area contributed by atoms with Gasteiger partial charge in [-0.25, -0.2) is 8.42 Å². The molecular weight excluding hydrogens is 330 g/mol. The molecule has 0 aromatic heterocycles. The predicted molar refractivity (Wildman–Crippen MR) is 80.1 cm³/mol. The van der Waals surface area contributed by atoms with Crippen molar-refractivity contribution in [3.05, 3.63) is 63.2 Å². The fraction of sp³-hybridized carbons (Fsp3) is 0. The number of sulfonamides is 1. The summed E-state index contributed by atoms with van der Waals surface area (Å²) in [6.07, 6.45) is 0. The number of nitriles is 1. The molecule has 0 bridgehead atoms. The normalized spacial score (nSPS) is 10.7. The van der Waals surface area contributed by atoms with Crippen molar-refractivity contribution in [2.75, 3.05) is 4.72 Å². The molecule has 9 heteroatoms. The summed E-state index contributed by atoms with van der Waals surface area (Å²) in [6, 6.07) is 10.5. The van der Waals surface area contributed by atoms with Crippen LogP contribution in [0.2, 0.25) is 5.02 Å². The summed E-state index contributed by atoms with van der Waals surface area (Å²) >= 11 is 5.69. The number of nitro benzene ring substituents is 1. The average Bonchev–Trinajstić information content (AvgIpc) is 2.47.